The molecule has 0 aromatic heterocycles. The van der Waals surface area contributed by atoms with E-state index in [0.717, 1.165) is 25.7 Å². The van der Waals surface area contributed by atoms with Gasteiger partial charge in [0.1, 0.15) is 5.54 Å². The molecule has 0 saturated carbocycles. The van der Waals surface area contributed by atoms with Crippen LogP contribution in [0.3, 0.4) is 0 Å². The molecule has 0 bridgehead atoms. The molecule has 1 rings (SSSR count). The molecule has 1 fully saturated rings. The number of hydrogen-bond acceptors (Lipinski definition) is 2. The molecule has 1 atom stereocenters. The molecule has 5 heteroatoms. The first-order chi connectivity index (χ1) is 9.58. The molecule has 0 spiro atoms. The molecule has 0 aromatic rings. The van der Waals surface area contributed by atoms with Gasteiger partial charge in [-0.15, -0.1) is 12.3 Å². The lowest BCUT2D eigenvalue weighted by atomic mass is 9.91. The molecule has 1 heterocycles. The van der Waals surface area contributed by atoms with Crippen LogP contribution in [0.2, 0.25) is 0 Å². The summed E-state index contributed by atoms with van der Waals surface area (Å²) in [7, 11) is 0. The molecule has 1 unspecified atom stereocenters. The minimum absolute atomic E-state index is 0.265. The number of carbonyl (C=O) groups excluding carboxylic acids is 1. The summed E-state index contributed by atoms with van der Waals surface area (Å²) in [4.78, 5) is 25.3. The van der Waals surface area contributed by atoms with E-state index in [2.05, 4.69) is 11.2 Å². The van der Waals surface area contributed by atoms with Crippen molar-refractivity contribution in [3.05, 3.63) is 0 Å². The van der Waals surface area contributed by atoms with Crippen LogP contribution in [0.5, 0.6) is 0 Å². The van der Waals surface area contributed by atoms with Gasteiger partial charge in [-0.3, -0.25) is 0 Å². The summed E-state index contributed by atoms with van der Waals surface area (Å²) in [5, 5.41) is 12.3. The summed E-state index contributed by atoms with van der Waals surface area (Å²) >= 11 is 0. The Morgan fingerprint density at radius 2 is 2.20 bits per heavy atom. The van der Waals surface area contributed by atoms with Crippen molar-refractivity contribution in [2.45, 2.75) is 57.4 Å². The third kappa shape index (κ3) is 3.66. The Bertz CT molecular complexity index is 389. The van der Waals surface area contributed by atoms with E-state index in [-0.39, 0.29) is 6.03 Å². The van der Waals surface area contributed by atoms with E-state index in [1.54, 1.807) is 0 Å². The van der Waals surface area contributed by atoms with Crippen LogP contribution < -0.4 is 5.32 Å². The largest absolute Gasteiger partial charge is 0.479 e. The van der Waals surface area contributed by atoms with Crippen LogP contribution in [0.1, 0.15) is 51.9 Å². The molecule has 20 heavy (non-hydrogen) atoms. The monoisotopic (exact) mass is 280 g/mol. The lowest BCUT2D eigenvalue weighted by Crippen LogP contribution is -2.56. The zero-order chi connectivity index (χ0) is 15.0. The lowest BCUT2D eigenvalue weighted by Gasteiger charge is -2.34. The molecular formula is C15H24N2O3. The number of aliphatic carboxylic acids is 1. The Morgan fingerprint density at radius 1 is 1.45 bits per heavy atom. The number of hydrogen-bond donors (Lipinski definition) is 2. The number of carbonyl (C=O) groups is 2. The predicted molar refractivity (Wildman–Crippen MR) is 77.3 cm³/mol. The van der Waals surface area contributed by atoms with Crippen molar-refractivity contribution in [1.82, 2.24) is 10.2 Å². The fraction of sp³-hybridized carbons (Fsp3) is 0.733. The van der Waals surface area contributed by atoms with Gasteiger partial charge in [0.15, 0.2) is 0 Å². The number of carboxylic acids is 1. The van der Waals surface area contributed by atoms with Gasteiger partial charge in [0, 0.05) is 19.5 Å². The molecule has 2 amide bonds. The minimum atomic E-state index is -1.02. The van der Waals surface area contributed by atoms with E-state index >= 15 is 0 Å². The van der Waals surface area contributed by atoms with Crippen LogP contribution >= 0.6 is 0 Å². The number of urea groups is 1. The Kier molecular flexibility index (Phi) is 6.37. The second-order valence-electron chi connectivity index (χ2n) is 5.24. The van der Waals surface area contributed by atoms with E-state index in [4.69, 9.17) is 6.42 Å². The highest BCUT2D eigenvalue weighted by Crippen LogP contribution is 2.33. The van der Waals surface area contributed by atoms with Gasteiger partial charge in [0.2, 0.25) is 0 Å². The van der Waals surface area contributed by atoms with Crippen molar-refractivity contribution in [3.8, 4) is 12.3 Å². The molecule has 0 aliphatic carbocycles. The Morgan fingerprint density at radius 3 is 2.80 bits per heavy atom. The number of nitrogens with zero attached hydrogens (tertiary/aromatic N) is 1. The number of amides is 2. The quantitative estimate of drug-likeness (QED) is 0.555. The normalized spacial score (nSPS) is 21.5. The van der Waals surface area contributed by atoms with Gasteiger partial charge in [0.05, 0.1) is 0 Å². The van der Waals surface area contributed by atoms with Crippen molar-refractivity contribution in [2.75, 3.05) is 13.1 Å². The molecule has 112 valence electrons. The van der Waals surface area contributed by atoms with Crippen LogP contribution in [0, 0.1) is 12.3 Å². The molecule has 1 aliphatic rings. The second kappa shape index (κ2) is 7.78. The first-order valence-electron chi connectivity index (χ1n) is 7.31. The highest BCUT2D eigenvalue weighted by atomic mass is 16.4. The Labute approximate surface area is 120 Å². The number of carboxylic acid groups (broad SMARTS) is 1. The van der Waals surface area contributed by atoms with E-state index in [9.17, 15) is 14.7 Å². The maximum Gasteiger partial charge on any atom is 0.329 e. The van der Waals surface area contributed by atoms with Crippen LogP contribution in [0.25, 0.3) is 0 Å². The van der Waals surface area contributed by atoms with Gasteiger partial charge in [0.25, 0.3) is 0 Å². The average molecular weight is 280 g/mol. The first-order valence-corrected chi connectivity index (χ1v) is 7.31. The van der Waals surface area contributed by atoms with Crippen molar-refractivity contribution < 1.29 is 14.7 Å². The summed E-state index contributed by atoms with van der Waals surface area (Å²) in [5.74, 6) is 1.67. The highest BCUT2D eigenvalue weighted by molar-refractivity contribution is 5.87. The van der Waals surface area contributed by atoms with Crippen LogP contribution in [-0.2, 0) is 4.79 Å². The van der Waals surface area contributed by atoms with Crippen LogP contribution in [-0.4, -0.2) is 40.6 Å². The fourth-order valence-corrected chi connectivity index (χ4v) is 2.82. The van der Waals surface area contributed by atoms with E-state index in [0.29, 0.717) is 32.4 Å². The van der Waals surface area contributed by atoms with Crippen LogP contribution in [0.4, 0.5) is 4.79 Å². The van der Waals surface area contributed by atoms with Gasteiger partial charge in [-0.05, 0) is 32.1 Å². The SMILES string of the molecule is C#CCCCCNC(=O)N1CCCC1(CCC)C(=O)O. The van der Waals surface area contributed by atoms with Gasteiger partial charge < -0.3 is 15.3 Å². The van der Waals surface area contributed by atoms with Gasteiger partial charge in [-0.2, -0.15) is 0 Å². The summed E-state index contributed by atoms with van der Waals surface area (Å²) in [6, 6.07) is -0.265. The summed E-state index contributed by atoms with van der Waals surface area (Å²) in [5.41, 5.74) is -1.02. The number of likely N-dealkylation sites (tertiary alicyclic amines) is 1. The number of terminal acetylenes is 1. The van der Waals surface area contributed by atoms with Crippen molar-refractivity contribution in [2.24, 2.45) is 0 Å². The molecule has 1 saturated heterocycles. The maximum atomic E-state index is 12.2. The summed E-state index contributed by atoms with van der Waals surface area (Å²) in [6.45, 7) is 3.00. The molecule has 0 aromatic carbocycles. The Balaban J connectivity index is 2.57. The fourth-order valence-electron chi connectivity index (χ4n) is 2.82. The second-order valence-corrected chi connectivity index (χ2v) is 5.24. The molecule has 0 radical (unpaired) electrons. The Hall–Kier alpha value is -1.70. The first kappa shape index (κ1) is 16.4. The van der Waals surface area contributed by atoms with Gasteiger partial charge >= 0.3 is 12.0 Å². The van der Waals surface area contributed by atoms with E-state index < -0.39 is 11.5 Å². The molecule has 5 nitrogen and oxygen atoms in total. The molecule has 1 aliphatic heterocycles. The highest BCUT2D eigenvalue weighted by Gasteiger charge is 2.49. The maximum absolute atomic E-state index is 12.2. The van der Waals surface area contributed by atoms with Gasteiger partial charge in [-0.1, -0.05) is 13.3 Å². The molecular weight excluding hydrogens is 256 g/mol. The summed E-state index contributed by atoms with van der Waals surface area (Å²) < 4.78 is 0. The standard InChI is InChI=1S/C15H24N2O3/c1-3-5-6-7-11-16-14(20)17-12-8-10-15(17,9-4-2)13(18)19/h1H,4-12H2,2H3,(H,16,20)(H,18,19). The lowest BCUT2D eigenvalue weighted by molar-refractivity contribution is -0.148. The number of unbranched alkanes of at least 4 members (excludes halogenated alkanes) is 2. The average Bonchev–Trinajstić information content (AvgIpc) is 2.84. The predicted octanol–water partition coefficient (Wildman–Crippen LogP) is 2.22. The van der Waals surface area contributed by atoms with E-state index in [1.807, 2.05) is 6.92 Å². The zero-order valence-electron chi connectivity index (χ0n) is 12.2. The summed E-state index contributed by atoms with van der Waals surface area (Å²) in [6.07, 6.45) is 10.1. The minimum Gasteiger partial charge on any atom is -0.479 e. The zero-order valence-corrected chi connectivity index (χ0v) is 12.2. The van der Waals surface area contributed by atoms with Crippen molar-refractivity contribution in [3.63, 3.8) is 0 Å². The number of nitrogens with one attached hydrogen (secondary N) is 1. The van der Waals surface area contributed by atoms with Crippen molar-refractivity contribution >= 4 is 12.0 Å². The van der Waals surface area contributed by atoms with Crippen LogP contribution in [0.15, 0.2) is 0 Å². The van der Waals surface area contributed by atoms with Crippen molar-refractivity contribution in [1.29, 1.82) is 0 Å². The smallest absolute Gasteiger partial charge is 0.329 e. The molecule has 2 N–H and O–H groups in total. The van der Waals surface area contributed by atoms with E-state index in [1.165, 1.54) is 4.90 Å². The van der Waals surface area contributed by atoms with Gasteiger partial charge in [-0.25, -0.2) is 9.59 Å². The number of rotatable bonds is 7. The third-order valence-corrected chi connectivity index (χ3v) is 3.82. The third-order valence-electron chi connectivity index (χ3n) is 3.82. The topological polar surface area (TPSA) is 69.6 Å².